The monoisotopic (exact) mass is 235 g/mol. The second-order valence-electron chi connectivity index (χ2n) is 2.55. The van der Waals surface area contributed by atoms with Crippen LogP contribution in [0.4, 0.5) is 0 Å². The zero-order chi connectivity index (χ0) is 9.84. The van der Waals surface area contributed by atoms with E-state index in [1.165, 1.54) is 7.11 Å². The van der Waals surface area contributed by atoms with Crippen LogP contribution in [0, 0.1) is 0 Å². The first-order valence-electron chi connectivity index (χ1n) is 3.74. The number of ether oxygens (including phenoxy) is 1. The van der Waals surface area contributed by atoms with E-state index in [9.17, 15) is 4.79 Å². The highest BCUT2D eigenvalue weighted by molar-refractivity contribution is 6.30. The highest BCUT2D eigenvalue weighted by atomic mass is 35.5. The van der Waals surface area contributed by atoms with Gasteiger partial charge in [-0.25, -0.2) is 0 Å². The predicted octanol–water partition coefficient (Wildman–Crippen LogP) is 1.93. The molecule has 5 heteroatoms. The first-order chi connectivity index (χ1) is 6.15. The number of nitrogens with two attached hydrogens (primary N) is 1. The highest BCUT2D eigenvalue weighted by Crippen LogP contribution is 2.15. The summed E-state index contributed by atoms with van der Waals surface area (Å²) in [5.41, 5.74) is 6.27. The van der Waals surface area contributed by atoms with Crippen LogP contribution >= 0.6 is 24.0 Å². The Balaban J connectivity index is 0.00000169. The third kappa shape index (κ3) is 3.18. The molecular weight excluding hydrogens is 225 g/mol. The van der Waals surface area contributed by atoms with Crippen molar-refractivity contribution in [1.82, 2.24) is 0 Å². The lowest BCUT2D eigenvalue weighted by molar-refractivity contribution is -0.142. The molecule has 0 aliphatic carbocycles. The SMILES string of the molecule is COC(=O)[C@@H](N)c1ccc(Cl)cc1.Cl. The van der Waals surface area contributed by atoms with Crippen molar-refractivity contribution in [2.45, 2.75) is 6.04 Å². The average Bonchev–Trinajstić information content (AvgIpc) is 2.17. The van der Waals surface area contributed by atoms with Gasteiger partial charge in [-0.3, -0.25) is 4.79 Å². The summed E-state index contributed by atoms with van der Waals surface area (Å²) in [5, 5.41) is 0.612. The molecule has 14 heavy (non-hydrogen) atoms. The van der Waals surface area contributed by atoms with E-state index in [4.69, 9.17) is 17.3 Å². The largest absolute Gasteiger partial charge is 0.468 e. The third-order valence-electron chi connectivity index (χ3n) is 1.68. The molecule has 0 unspecified atom stereocenters. The van der Waals surface area contributed by atoms with E-state index < -0.39 is 12.0 Å². The average molecular weight is 236 g/mol. The summed E-state index contributed by atoms with van der Waals surface area (Å²) in [6.45, 7) is 0. The first-order valence-corrected chi connectivity index (χ1v) is 4.12. The summed E-state index contributed by atoms with van der Waals surface area (Å²) in [5.74, 6) is -0.456. The molecule has 1 aromatic rings. The molecule has 0 fully saturated rings. The minimum atomic E-state index is -0.734. The van der Waals surface area contributed by atoms with E-state index in [0.29, 0.717) is 10.6 Å². The third-order valence-corrected chi connectivity index (χ3v) is 1.94. The molecule has 2 N–H and O–H groups in total. The zero-order valence-electron chi connectivity index (χ0n) is 7.57. The van der Waals surface area contributed by atoms with Crippen molar-refractivity contribution in [3.63, 3.8) is 0 Å². The molecule has 1 rings (SSSR count). The van der Waals surface area contributed by atoms with E-state index in [1.54, 1.807) is 24.3 Å². The molecule has 0 spiro atoms. The molecule has 78 valence electrons. The maximum Gasteiger partial charge on any atom is 0.327 e. The van der Waals surface area contributed by atoms with Gasteiger partial charge in [0.15, 0.2) is 0 Å². The molecule has 0 bridgehead atoms. The van der Waals surface area contributed by atoms with Gasteiger partial charge in [-0.2, -0.15) is 0 Å². The van der Waals surface area contributed by atoms with Crippen LogP contribution in [0.25, 0.3) is 0 Å². The standard InChI is InChI=1S/C9H10ClNO2.ClH/c1-13-9(12)8(11)6-2-4-7(10)5-3-6;/h2-5,8H,11H2,1H3;1H/t8-;/m0./s1. The molecular formula is C9H11Cl2NO2. The predicted molar refractivity (Wildman–Crippen MR) is 57.6 cm³/mol. The molecule has 1 atom stereocenters. The zero-order valence-corrected chi connectivity index (χ0v) is 9.14. The van der Waals surface area contributed by atoms with Crippen LogP contribution in [-0.2, 0) is 9.53 Å². The number of esters is 1. The maximum atomic E-state index is 11.0. The smallest absolute Gasteiger partial charge is 0.327 e. The van der Waals surface area contributed by atoms with Crippen molar-refractivity contribution in [2.75, 3.05) is 7.11 Å². The summed E-state index contributed by atoms with van der Waals surface area (Å²) in [4.78, 5) is 11.0. The van der Waals surface area contributed by atoms with Gasteiger partial charge in [-0.05, 0) is 17.7 Å². The lowest BCUT2D eigenvalue weighted by Crippen LogP contribution is -2.22. The lowest BCUT2D eigenvalue weighted by Gasteiger charge is -2.08. The van der Waals surface area contributed by atoms with E-state index in [2.05, 4.69) is 4.74 Å². The Morgan fingerprint density at radius 1 is 1.43 bits per heavy atom. The fourth-order valence-electron chi connectivity index (χ4n) is 0.933. The summed E-state index contributed by atoms with van der Waals surface area (Å²) in [6.07, 6.45) is 0. The normalized spacial score (nSPS) is 11.4. The van der Waals surface area contributed by atoms with Gasteiger partial charge in [-0.15, -0.1) is 12.4 Å². The molecule has 0 aromatic heterocycles. The first kappa shape index (κ1) is 13.2. The van der Waals surface area contributed by atoms with Crippen molar-refractivity contribution in [3.8, 4) is 0 Å². The molecule has 0 saturated carbocycles. The van der Waals surface area contributed by atoms with Crippen LogP contribution in [0.15, 0.2) is 24.3 Å². The van der Waals surface area contributed by atoms with Crippen LogP contribution in [0.1, 0.15) is 11.6 Å². The second kappa shape index (κ2) is 5.86. The lowest BCUT2D eigenvalue weighted by atomic mass is 10.1. The van der Waals surface area contributed by atoms with Crippen LogP contribution < -0.4 is 5.73 Å². The molecule has 0 saturated heterocycles. The molecule has 0 radical (unpaired) electrons. The summed E-state index contributed by atoms with van der Waals surface area (Å²) < 4.78 is 4.50. The summed E-state index contributed by atoms with van der Waals surface area (Å²) in [6, 6.07) is 6.02. The van der Waals surface area contributed by atoms with Gasteiger partial charge in [0.1, 0.15) is 6.04 Å². The summed E-state index contributed by atoms with van der Waals surface area (Å²) >= 11 is 5.67. The number of carbonyl (C=O) groups excluding carboxylic acids is 1. The minimum absolute atomic E-state index is 0. The maximum absolute atomic E-state index is 11.0. The number of carbonyl (C=O) groups is 1. The molecule has 0 heterocycles. The molecule has 0 aliphatic heterocycles. The molecule has 3 nitrogen and oxygen atoms in total. The fourth-order valence-corrected chi connectivity index (χ4v) is 1.06. The number of halogens is 2. The van der Waals surface area contributed by atoms with Gasteiger partial charge in [0.05, 0.1) is 7.11 Å². The Bertz CT molecular complexity index is 300. The van der Waals surface area contributed by atoms with Gasteiger partial charge in [0.25, 0.3) is 0 Å². The van der Waals surface area contributed by atoms with E-state index >= 15 is 0 Å². The molecule has 1 aromatic carbocycles. The number of benzene rings is 1. The Morgan fingerprint density at radius 2 is 1.93 bits per heavy atom. The second-order valence-corrected chi connectivity index (χ2v) is 2.99. The number of hydrogen-bond acceptors (Lipinski definition) is 3. The van der Waals surface area contributed by atoms with Crippen molar-refractivity contribution in [2.24, 2.45) is 5.73 Å². The topological polar surface area (TPSA) is 52.3 Å². The van der Waals surface area contributed by atoms with Crippen molar-refractivity contribution in [3.05, 3.63) is 34.9 Å². The van der Waals surface area contributed by atoms with Crippen molar-refractivity contribution < 1.29 is 9.53 Å². The van der Waals surface area contributed by atoms with Crippen LogP contribution in [0.3, 0.4) is 0 Å². The van der Waals surface area contributed by atoms with Crippen molar-refractivity contribution in [1.29, 1.82) is 0 Å². The number of hydrogen-bond donors (Lipinski definition) is 1. The number of methoxy groups -OCH3 is 1. The van der Waals surface area contributed by atoms with Crippen LogP contribution in [0.5, 0.6) is 0 Å². The molecule has 0 aliphatic rings. The van der Waals surface area contributed by atoms with Crippen LogP contribution in [-0.4, -0.2) is 13.1 Å². The summed E-state index contributed by atoms with van der Waals surface area (Å²) in [7, 11) is 1.30. The van der Waals surface area contributed by atoms with E-state index in [1.807, 2.05) is 0 Å². The van der Waals surface area contributed by atoms with Gasteiger partial charge in [0, 0.05) is 5.02 Å². The van der Waals surface area contributed by atoms with Gasteiger partial charge < -0.3 is 10.5 Å². The highest BCUT2D eigenvalue weighted by Gasteiger charge is 2.15. The van der Waals surface area contributed by atoms with Gasteiger partial charge in [-0.1, -0.05) is 23.7 Å². The Hall–Kier alpha value is -0.770. The fraction of sp³-hybridized carbons (Fsp3) is 0.222. The van der Waals surface area contributed by atoms with Gasteiger partial charge in [0.2, 0.25) is 0 Å². The van der Waals surface area contributed by atoms with E-state index in [-0.39, 0.29) is 12.4 Å². The Labute approximate surface area is 93.6 Å². The minimum Gasteiger partial charge on any atom is -0.468 e. The Kier molecular flexibility index (Phi) is 5.53. The Morgan fingerprint density at radius 3 is 2.36 bits per heavy atom. The van der Waals surface area contributed by atoms with E-state index in [0.717, 1.165) is 0 Å². The van der Waals surface area contributed by atoms with Gasteiger partial charge >= 0.3 is 5.97 Å². The quantitative estimate of drug-likeness (QED) is 0.798. The molecule has 0 amide bonds. The van der Waals surface area contributed by atoms with Crippen molar-refractivity contribution >= 4 is 30.0 Å². The van der Waals surface area contributed by atoms with Crippen LogP contribution in [0.2, 0.25) is 5.02 Å². The number of rotatable bonds is 2.